The first-order chi connectivity index (χ1) is 15.2. The van der Waals surface area contributed by atoms with Gasteiger partial charge in [0, 0.05) is 29.8 Å². The van der Waals surface area contributed by atoms with Crippen molar-refractivity contribution in [2.75, 3.05) is 19.5 Å². The lowest BCUT2D eigenvalue weighted by Gasteiger charge is -2.21. The number of ether oxygens (including phenoxy) is 3. The summed E-state index contributed by atoms with van der Waals surface area (Å²) >= 11 is 0. The Labute approximate surface area is 180 Å². The lowest BCUT2D eigenvalue weighted by molar-refractivity contribution is 0.355. The van der Waals surface area contributed by atoms with Crippen LogP contribution in [0.4, 0.5) is 6.01 Å². The largest absolute Gasteiger partial charge is 0.493 e. The van der Waals surface area contributed by atoms with Gasteiger partial charge in [-0.2, -0.15) is 4.98 Å². The molecule has 7 nitrogen and oxygen atoms in total. The zero-order valence-corrected chi connectivity index (χ0v) is 17.7. The normalized spacial score (nSPS) is 14.6. The van der Waals surface area contributed by atoms with Gasteiger partial charge in [0.2, 0.25) is 0 Å². The molecule has 2 aromatic carbocycles. The Kier molecular flexibility index (Phi) is 5.24. The van der Waals surface area contributed by atoms with E-state index in [0.717, 1.165) is 34.8 Å². The lowest BCUT2D eigenvalue weighted by Crippen LogP contribution is -2.22. The fourth-order valence-corrected chi connectivity index (χ4v) is 4.12. The highest BCUT2D eigenvalue weighted by atomic mass is 16.5. The molecular formula is C24H25N3O4. The van der Waals surface area contributed by atoms with Crippen LogP contribution in [0.25, 0.3) is 22.0 Å². The molecule has 0 radical (unpaired) electrons. The summed E-state index contributed by atoms with van der Waals surface area (Å²) in [5.74, 6) is 2.60. The number of benzene rings is 2. The number of nitrogens with one attached hydrogen (secondary N) is 1. The molecule has 2 heterocycles. The molecule has 0 unspecified atom stereocenters. The molecule has 0 bridgehead atoms. The number of rotatable bonds is 6. The molecular weight excluding hydrogens is 394 g/mol. The molecule has 1 aliphatic carbocycles. The summed E-state index contributed by atoms with van der Waals surface area (Å²) in [5, 5.41) is 4.27. The van der Waals surface area contributed by atoms with Crippen molar-refractivity contribution in [3.05, 3.63) is 42.6 Å². The van der Waals surface area contributed by atoms with E-state index in [0.29, 0.717) is 35.1 Å². The summed E-state index contributed by atoms with van der Waals surface area (Å²) in [4.78, 5) is 9.04. The predicted molar refractivity (Wildman–Crippen MR) is 119 cm³/mol. The molecule has 1 saturated carbocycles. The maximum atomic E-state index is 6.19. The zero-order chi connectivity index (χ0) is 21.2. The molecule has 0 saturated heterocycles. The minimum absolute atomic E-state index is 0.438. The summed E-state index contributed by atoms with van der Waals surface area (Å²) in [6.45, 7) is 0. The minimum atomic E-state index is 0.438. The number of oxazole rings is 1. The van der Waals surface area contributed by atoms with Gasteiger partial charge >= 0.3 is 0 Å². The third-order valence-electron chi connectivity index (χ3n) is 5.73. The second kappa shape index (κ2) is 8.34. The molecule has 0 atom stereocenters. The van der Waals surface area contributed by atoms with E-state index >= 15 is 0 Å². The highest BCUT2D eigenvalue weighted by molar-refractivity contribution is 5.88. The van der Waals surface area contributed by atoms with E-state index in [4.69, 9.17) is 18.6 Å². The second-order valence-corrected chi connectivity index (χ2v) is 7.76. The molecule has 0 spiro atoms. The topological polar surface area (TPSA) is 78.6 Å². The fraction of sp³-hybridized carbons (Fsp3) is 0.333. The number of pyridine rings is 1. The van der Waals surface area contributed by atoms with E-state index in [9.17, 15) is 0 Å². The summed E-state index contributed by atoms with van der Waals surface area (Å²) in [6, 6.07) is 12.2. The number of methoxy groups -OCH3 is 2. The van der Waals surface area contributed by atoms with Crippen LogP contribution in [0.1, 0.15) is 32.1 Å². The van der Waals surface area contributed by atoms with E-state index < -0.39 is 0 Å². The monoisotopic (exact) mass is 419 g/mol. The zero-order valence-electron chi connectivity index (χ0n) is 17.7. The van der Waals surface area contributed by atoms with Gasteiger partial charge in [-0.15, -0.1) is 0 Å². The Bertz CT molecular complexity index is 1210. The Balaban J connectivity index is 1.42. The molecule has 1 aliphatic rings. The average molecular weight is 419 g/mol. The SMILES string of the molecule is COc1cc2nccc(Oc3ccc4oc(NC5CCCCC5)nc4c3)c2cc1OC. The van der Waals surface area contributed by atoms with Gasteiger partial charge in [-0.1, -0.05) is 19.3 Å². The summed E-state index contributed by atoms with van der Waals surface area (Å²) < 4.78 is 22.9. The van der Waals surface area contributed by atoms with Crippen molar-refractivity contribution in [2.45, 2.75) is 38.1 Å². The van der Waals surface area contributed by atoms with Crippen molar-refractivity contribution in [1.29, 1.82) is 0 Å². The number of fused-ring (bicyclic) bond motifs is 2. The summed E-state index contributed by atoms with van der Waals surface area (Å²) in [5.41, 5.74) is 2.25. The molecule has 4 aromatic rings. The first kappa shape index (κ1) is 19.5. The highest BCUT2D eigenvalue weighted by Crippen LogP contribution is 2.37. The smallest absolute Gasteiger partial charge is 0.295 e. The van der Waals surface area contributed by atoms with Crippen LogP contribution < -0.4 is 19.5 Å². The van der Waals surface area contributed by atoms with E-state index in [1.807, 2.05) is 36.4 Å². The van der Waals surface area contributed by atoms with Gasteiger partial charge in [-0.25, -0.2) is 0 Å². The highest BCUT2D eigenvalue weighted by Gasteiger charge is 2.16. The number of anilines is 1. The number of hydrogen-bond acceptors (Lipinski definition) is 7. The maximum Gasteiger partial charge on any atom is 0.295 e. The number of nitrogens with zero attached hydrogens (tertiary/aromatic N) is 2. The van der Waals surface area contributed by atoms with Crippen LogP contribution >= 0.6 is 0 Å². The van der Waals surface area contributed by atoms with Gasteiger partial charge < -0.3 is 23.9 Å². The number of aromatic nitrogens is 2. The van der Waals surface area contributed by atoms with Crippen molar-refractivity contribution < 1.29 is 18.6 Å². The third kappa shape index (κ3) is 3.95. The first-order valence-electron chi connectivity index (χ1n) is 10.6. The van der Waals surface area contributed by atoms with Crippen LogP contribution in [-0.4, -0.2) is 30.2 Å². The predicted octanol–water partition coefficient (Wildman–Crippen LogP) is 5.93. The second-order valence-electron chi connectivity index (χ2n) is 7.76. The van der Waals surface area contributed by atoms with Gasteiger partial charge in [-0.05, 0) is 37.1 Å². The van der Waals surface area contributed by atoms with E-state index in [2.05, 4.69) is 15.3 Å². The van der Waals surface area contributed by atoms with Crippen molar-refractivity contribution in [2.24, 2.45) is 0 Å². The van der Waals surface area contributed by atoms with Crippen LogP contribution in [0.15, 0.2) is 47.0 Å². The fourth-order valence-electron chi connectivity index (χ4n) is 4.12. The lowest BCUT2D eigenvalue weighted by atomic mass is 9.96. The molecule has 0 amide bonds. The molecule has 0 aliphatic heterocycles. The van der Waals surface area contributed by atoms with E-state index in [1.165, 1.54) is 19.3 Å². The average Bonchev–Trinajstić information content (AvgIpc) is 3.20. The van der Waals surface area contributed by atoms with Gasteiger partial charge in [0.1, 0.15) is 17.0 Å². The van der Waals surface area contributed by atoms with Crippen LogP contribution in [0, 0.1) is 0 Å². The standard InChI is InChI=1S/C24H25N3O4/c1-28-22-13-17-18(14-23(22)29-2)25-11-10-20(17)30-16-8-9-21-19(12-16)27-24(31-21)26-15-6-4-3-5-7-15/h8-15H,3-7H2,1-2H3,(H,26,27). The molecule has 31 heavy (non-hydrogen) atoms. The Hall–Kier alpha value is -3.48. The molecule has 5 rings (SSSR count). The van der Waals surface area contributed by atoms with Gasteiger partial charge in [0.25, 0.3) is 6.01 Å². The Morgan fingerprint density at radius 3 is 2.52 bits per heavy atom. The summed E-state index contributed by atoms with van der Waals surface area (Å²) in [6.07, 6.45) is 7.87. The van der Waals surface area contributed by atoms with Crippen LogP contribution in [-0.2, 0) is 0 Å². The van der Waals surface area contributed by atoms with Gasteiger partial charge in [0.15, 0.2) is 17.1 Å². The molecule has 1 N–H and O–H groups in total. The third-order valence-corrected chi connectivity index (χ3v) is 5.73. The molecule has 7 heteroatoms. The maximum absolute atomic E-state index is 6.19. The van der Waals surface area contributed by atoms with Crippen LogP contribution in [0.2, 0.25) is 0 Å². The molecule has 2 aromatic heterocycles. The van der Waals surface area contributed by atoms with E-state index in [1.54, 1.807) is 20.4 Å². The van der Waals surface area contributed by atoms with Gasteiger partial charge in [0.05, 0.1) is 19.7 Å². The van der Waals surface area contributed by atoms with Crippen molar-refractivity contribution in [3.8, 4) is 23.0 Å². The molecule has 160 valence electrons. The number of hydrogen-bond donors (Lipinski definition) is 1. The van der Waals surface area contributed by atoms with Crippen molar-refractivity contribution in [3.63, 3.8) is 0 Å². The first-order valence-corrected chi connectivity index (χ1v) is 10.6. The van der Waals surface area contributed by atoms with Crippen molar-refractivity contribution >= 4 is 28.0 Å². The van der Waals surface area contributed by atoms with E-state index in [-0.39, 0.29) is 0 Å². The minimum Gasteiger partial charge on any atom is -0.493 e. The molecule has 1 fully saturated rings. The van der Waals surface area contributed by atoms with Crippen LogP contribution in [0.5, 0.6) is 23.0 Å². The van der Waals surface area contributed by atoms with Gasteiger partial charge in [-0.3, -0.25) is 4.98 Å². The Morgan fingerprint density at radius 2 is 1.71 bits per heavy atom. The van der Waals surface area contributed by atoms with Crippen molar-refractivity contribution in [1.82, 2.24) is 9.97 Å². The van der Waals surface area contributed by atoms with Crippen LogP contribution in [0.3, 0.4) is 0 Å². The Morgan fingerprint density at radius 1 is 0.903 bits per heavy atom. The summed E-state index contributed by atoms with van der Waals surface area (Å²) in [7, 11) is 3.21. The quantitative estimate of drug-likeness (QED) is 0.415.